The van der Waals surface area contributed by atoms with Crippen molar-refractivity contribution in [1.82, 2.24) is 10.2 Å². The van der Waals surface area contributed by atoms with Gasteiger partial charge in [0.2, 0.25) is 12.3 Å². The predicted octanol–water partition coefficient (Wildman–Crippen LogP) is 3.80. The molecular weight excluding hydrogens is 269 g/mol. The van der Waals surface area contributed by atoms with Gasteiger partial charge in [0.05, 0.1) is 0 Å². The molecule has 0 spiro atoms. The molecule has 0 bridgehead atoms. The molecule has 0 aliphatic rings. The summed E-state index contributed by atoms with van der Waals surface area (Å²) in [7, 11) is 0. The molecule has 2 aromatic carbocycles. The number of nitrogens with zero attached hydrogens (tertiary/aromatic N) is 2. The monoisotopic (exact) mass is 283 g/mol. The third-order valence-corrected chi connectivity index (χ3v) is 3.26. The first-order valence-corrected chi connectivity index (χ1v) is 6.58. The molecule has 0 fully saturated rings. The average molecular weight is 283 g/mol. The Kier molecular flexibility index (Phi) is 3.64. The minimum absolute atomic E-state index is 0.225. The number of benzene rings is 2. The number of aryl methyl sites for hydroxylation is 1. The molecule has 3 rings (SSSR count). The largest absolute Gasteiger partial charge is 0.423 e. The molecule has 0 aliphatic carbocycles. The van der Waals surface area contributed by atoms with Crippen LogP contribution in [0.1, 0.15) is 11.1 Å². The lowest BCUT2D eigenvalue weighted by Crippen LogP contribution is -2.02. The fourth-order valence-corrected chi connectivity index (χ4v) is 2.09. The van der Waals surface area contributed by atoms with Crippen molar-refractivity contribution in [2.45, 2.75) is 13.5 Å². The second-order valence-electron chi connectivity index (χ2n) is 4.75. The highest BCUT2D eigenvalue weighted by Gasteiger charge is 2.05. The topological polar surface area (TPSA) is 51.0 Å². The maximum atomic E-state index is 13.3. The lowest BCUT2D eigenvalue weighted by molar-refractivity contribution is 0.568. The third kappa shape index (κ3) is 3.08. The van der Waals surface area contributed by atoms with Gasteiger partial charge in [-0.05, 0) is 48.4 Å². The first kappa shape index (κ1) is 13.3. The molecule has 0 amide bonds. The van der Waals surface area contributed by atoms with E-state index in [1.165, 1.54) is 12.5 Å². The number of anilines is 1. The summed E-state index contributed by atoms with van der Waals surface area (Å²) in [6.07, 6.45) is 1.30. The van der Waals surface area contributed by atoms with Gasteiger partial charge in [-0.25, -0.2) is 4.39 Å². The van der Waals surface area contributed by atoms with Gasteiger partial charge < -0.3 is 9.73 Å². The Balaban J connectivity index is 1.76. The molecule has 21 heavy (non-hydrogen) atoms. The number of rotatable bonds is 4. The van der Waals surface area contributed by atoms with E-state index >= 15 is 0 Å². The molecular formula is C16H14FN3O. The van der Waals surface area contributed by atoms with Crippen molar-refractivity contribution < 1.29 is 8.81 Å². The Morgan fingerprint density at radius 2 is 2.10 bits per heavy atom. The molecule has 1 aromatic heterocycles. The van der Waals surface area contributed by atoms with E-state index in [0.717, 1.165) is 22.4 Å². The zero-order valence-electron chi connectivity index (χ0n) is 11.5. The van der Waals surface area contributed by atoms with Crippen LogP contribution in [-0.2, 0) is 6.54 Å². The van der Waals surface area contributed by atoms with Crippen LogP contribution in [0, 0.1) is 12.7 Å². The standard InChI is InChI=1S/C16H14FN3O/c1-11-5-6-14(17)7-13(11)9-18-15-4-2-3-12(8-15)16-20-19-10-21-16/h2-8,10,18H,9H2,1H3. The average Bonchev–Trinajstić information content (AvgIpc) is 3.03. The highest BCUT2D eigenvalue weighted by Crippen LogP contribution is 2.21. The van der Waals surface area contributed by atoms with E-state index in [2.05, 4.69) is 15.5 Å². The summed E-state index contributed by atoms with van der Waals surface area (Å²) >= 11 is 0. The van der Waals surface area contributed by atoms with Gasteiger partial charge in [0.15, 0.2) is 0 Å². The number of halogens is 1. The highest BCUT2D eigenvalue weighted by atomic mass is 19.1. The maximum absolute atomic E-state index is 13.3. The van der Waals surface area contributed by atoms with Crippen LogP contribution in [0.25, 0.3) is 11.5 Å². The fraction of sp³-hybridized carbons (Fsp3) is 0.125. The van der Waals surface area contributed by atoms with E-state index < -0.39 is 0 Å². The third-order valence-electron chi connectivity index (χ3n) is 3.26. The van der Waals surface area contributed by atoms with E-state index in [-0.39, 0.29) is 5.82 Å². The van der Waals surface area contributed by atoms with Gasteiger partial charge in [0, 0.05) is 17.8 Å². The minimum atomic E-state index is -0.225. The SMILES string of the molecule is Cc1ccc(F)cc1CNc1cccc(-c2nnco2)c1. The molecule has 0 saturated carbocycles. The molecule has 1 N–H and O–H groups in total. The second kappa shape index (κ2) is 5.75. The Labute approximate surface area is 121 Å². The van der Waals surface area contributed by atoms with Crippen LogP contribution in [0.5, 0.6) is 0 Å². The smallest absolute Gasteiger partial charge is 0.247 e. The molecule has 5 heteroatoms. The number of aromatic nitrogens is 2. The quantitative estimate of drug-likeness (QED) is 0.791. The van der Waals surface area contributed by atoms with Gasteiger partial charge in [0.25, 0.3) is 0 Å². The van der Waals surface area contributed by atoms with Gasteiger partial charge in [-0.3, -0.25) is 0 Å². The Bertz CT molecular complexity index is 741. The summed E-state index contributed by atoms with van der Waals surface area (Å²) in [5.74, 6) is 0.248. The Hall–Kier alpha value is -2.69. The summed E-state index contributed by atoms with van der Waals surface area (Å²) in [6.45, 7) is 2.52. The molecule has 0 atom stereocenters. The molecule has 0 saturated heterocycles. The zero-order chi connectivity index (χ0) is 14.7. The molecule has 106 valence electrons. The molecule has 1 heterocycles. The van der Waals surface area contributed by atoms with Crippen LogP contribution in [0.3, 0.4) is 0 Å². The highest BCUT2D eigenvalue weighted by molar-refractivity contribution is 5.61. The van der Waals surface area contributed by atoms with Crippen molar-refractivity contribution in [2.24, 2.45) is 0 Å². The van der Waals surface area contributed by atoms with Crippen LogP contribution in [0.4, 0.5) is 10.1 Å². The normalized spacial score (nSPS) is 10.6. The molecule has 0 aliphatic heterocycles. The molecule has 0 radical (unpaired) electrons. The van der Waals surface area contributed by atoms with Crippen LogP contribution in [0.2, 0.25) is 0 Å². The first-order valence-electron chi connectivity index (χ1n) is 6.58. The Morgan fingerprint density at radius 3 is 2.90 bits per heavy atom. The first-order chi connectivity index (χ1) is 10.2. The van der Waals surface area contributed by atoms with Crippen LogP contribution in [-0.4, -0.2) is 10.2 Å². The Morgan fingerprint density at radius 1 is 1.19 bits per heavy atom. The van der Waals surface area contributed by atoms with E-state index in [1.807, 2.05) is 31.2 Å². The van der Waals surface area contributed by atoms with Crippen molar-refractivity contribution in [2.75, 3.05) is 5.32 Å². The lowest BCUT2D eigenvalue weighted by atomic mass is 10.1. The van der Waals surface area contributed by atoms with E-state index in [0.29, 0.717) is 12.4 Å². The van der Waals surface area contributed by atoms with Crippen molar-refractivity contribution >= 4 is 5.69 Å². The number of hydrogen-bond acceptors (Lipinski definition) is 4. The molecule has 3 aromatic rings. The van der Waals surface area contributed by atoms with Gasteiger partial charge in [-0.2, -0.15) is 0 Å². The van der Waals surface area contributed by atoms with Gasteiger partial charge in [-0.15, -0.1) is 10.2 Å². The van der Waals surface area contributed by atoms with Crippen molar-refractivity contribution in [3.63, 3.8) is 0 Å². The summed E-state index contributed by atoms with van der Waals surface area (Å²) in [4.78, 5) is 0. The summed E-state index contributed by atoms with van der Waals surface area (Å²) in [5, 5.41) is 10.8. The van der Waals surface area contributed by atoms with Crippen LogP contribution in [0.15, 0.2) is 53.3 Å². The van der Waals surface area contributed by atoms with Crippen molar-refractivity contribution in [3.8, 4) is 11.5 Å². The van der Waals surface area contributed by atoms with E-state index in [4.69, 9.17) is 4.42 Å². The van der Waals surface area contributed by atoms with Crippen molar-refractivity contribution in [1.29, 1.82) is 0 Å². The van der Waals surface area contributed by atoms with E-state index in [9.17, 15) is 4.39 Å². The van der Waals surface area contributed by atoms with Gasteiger partial charge >= 0.3 is 0 Å². The van der Waals surface area contributed by atoms with Crippen molar-refractivity contribution in [3.05, 3.63) is 65.8 Å². The van der Waals surface area contributed by atoms with E-state index in [1.54, 1.807) is 12.1 Å². The molecule has 0 unspecified atom stereocenters. The maximum Gasteiger partial charge on any atom is 0.247 e. The van der Waals surface area contributed by atoms with Gasteiger partial charge in [-0.1, -0.05) is 12.1 Å². The summed E-state index contributed by atoms with van der Waals surface area (Å²) < 4.78 is 18.4. The number of hydrogen-bond donors (Lipinski definition) is 1. The summed E-state index contributed by atoms with van der Waals surface area (Å²) in [6, 6.07) is 12.4. The number of nitrogens with one attached hydrogen (secondary N) is 1. The molecule has 4 nitrogen and oxygen atoms in total. The predicted molar refractivity (Wildman–Crippen MR) is 78.2 cm³/mol. The minimum Gasteiger partial charge on any atom is -0.423 e. The zero-order valence-corrected chi connectivity index (χ0v) is 11.5. The fourth-order valence-electron chi connectivity index (χ4n) is 2.09. The van der Waals surface area contributed by atoms with Gasteiger partial charge in [0.1, 0.15) is 5.82 Å². The summed E-state index contributed by atoms with van der Waals surface area (Å²) in [5.41, 5.74) is 3.73. The van der Waals surface area contributed by atoms with Crippen LogP contribution < -0.4 is 5.32 Å². The lowest BCUT2D eigenvalue weighted by Gasteiger charge is -2.10. The van der Waals surface area contributed by atoms with Crippen LogP contribution >= 0.6 is 0 Å². The second-order valence-corrected chi connectivity index (χ2v) is 4.75.